The van der Waals surface area contributed by atoms with E-state index in [1.165, 1.54) is 11.3 Å². The van der Waals surface area contributed by atoms with Crippen LogP contribution in [0.5, 0.6) is 0 Å². The maximum Gasteiger partial charge on any atom is 0.263 e. The van der Waals surface area contributed by atoms with E-state index < -0.39 is 0 Å². The Hall–Kier alpha value is -1.75. The molecule has 0 bridgehead atoms. The molecular weight excluding hydrogens is 234 g/mol. The van der Waals surface area contributed by atoms with Gasteiger partial charge in [-0.25, -0.2) is 4.98 Å². The number of aromatic nitrogens is 2. The van der Waals surface area contributed by atoms with Crippen LogP contribution in [-0.4, -0.2) is 15.9 Å². The highest BCUT2D eigenvalue weighted by atomic mass is 32.1. The van der Waals surface area contributed by atoms with Crippen LogP contribution < -0.4 is 5.32 Å². The van der Waals surface area contributed by atoms with E-state index in [-0.39, 0.29) is 11.9 Å². The van der Waals surface area contributed by atoms with Crippen molar-refractivity contribution in [2.24, 2.45) is 0 Å². The molecule has 2 aromatic heterocycles. The molecule has 5 heteroatoms. The van der Waals surface area contributed by atoms with Gasteiger partial charge >= 0.3 is 0 Å². The van der Waals surface area contributed by atoms with Gasteiger partial charge in [-0.1, -0.05) is 0 Å². The van der Waals surface area contributed by atoms with Gasteiger partial charge in [0.25, 0.3) is 5.91 Å². The number of pyridine rings is 1. The van der Waals surface area contributed by atoms with Crippen molar-refractivity contribution in [2.45, 2.75) is 19.9 Å². The average molecular weight is 247 g/mol. The summed E-state index contributed by atoms with van der Waals surface area (Å²) >= 11 is 1.36. The molecule has 0 aliphatic heterocycles. The number of amides is 1. The molecule has 17 heavy (non-hydrogen) atoms. The summed E-state index contributed by atoms with van der Waals surface area (Å²) in [6, 6.07) is 3.75. The average Bonchev–Trinajstić information content (AvgIpc) is 2.76. The molecule has 0 aliphatic rings. The molecule has 2 rings (SSSR count). The quantitative estimate of drug-likeness (QED) is 0.905. The minimum Gasteiger partial charge on any atom is -0.345 e. The fourth-order valence-electron chi connectivity index (χ4n) is 1.52. The number of rotatable bonds is 3. The van der Waals surface area contributed by atoms with Gasteiger partial charge in [-0.15, -0.1) is 11.3 Å². The molecule has 0 radical (unpaired) electrons. The molecule has 0 aromatic carbocycles. The van der Waals surface area contributed by atoms with E-state index in [1.54, 1.807) is 17.9 Å². The van der Waals surface area contributed by atoms with Gasteiger partial charge in [-0.3, -0.25) is 9.78 Å². The zero-order chi connectivity index (χ0) is 12.3. The van der Waals surface area contributed by atoms with Gasteiger partial charge in [0.1, 0.15) is 4.88 Å². The molecule has 0 aliphatic carbocycles. The molecule has 2 heterocycles. The number of thiazole rings is 1. The Morgan fingerprint density at radius 3 is 2.71 bits per heavy atom. The first-order chi connectivity index (χ1) is 8.18. The largest absolute Gasteiger partial charge is 0.345 e. The van der Waals surface area contributed by atoms with Crippen molar-refractivity contribution in [3.8, 4) is 0 Å². The van der Waals surface area contributed by atoms with Crippen molar-refractivity contribution in [3.05, 3.63) is 46.2 Å². The second-order valence-electron chi connectivity index (χ2n) is 3.74. The first-order valence-corrected chi connectivity index (χ1v) is 6.17. The van der Waals surface area contributed by atoms with E-state index in [9.17, 15) is 4.79 Å². The van der Waals surface area contributed by atoms with Gasteiger partial charge in [0.2, 0.25) is 0 Å². The lowest BCUT2D eigenvalue weighted by Crippen LogP contribution is -2.26. The summed E-state index contributed by atoms with van der Waals surface area (Å²) in [4.78, 5) is 20.6. The zero-order valence-electron chi connectivity index (χ0n) is 9.68. The highest BCUT2D eigenvalue weighted by molar-refractivity contribution is 7.11. The zero-order valence-corrected chi connectivity index (χ0v) is 10.5. The lowest BCUT2D eigenvalue weighted by molar-refractivity contribution is 0.0943. The van der Waals surface area contributed by atoms with Crippen LogP contribution in [-0.2, 0) is 0 Å². The van der Waals surface area contributed by atoms with Gasteiger partial charge in [-0.05, 0) is 31.5 Å². The molecule has 0 saturated carbocycles. The minimum absolute atomic E-state index is 0.0352. The molecule has 4 nitrogen and oxygen atoms in total. The van der Waals surface area contributed by atoms with E-state index in [4.69, 9.17) is 0 Å². The number of nitrogens with zero attached hydrogens (tertiary/aromatic N) is 2. The molecule has 1 N–H and O–H groups in total. The maximum absolute atomic E-state index is 12.0. The third-order valence-corrected chi connectivity index (χ3v) is 3.43. The topological polar surface area (TPSA) is 54.9 Å². The van der Waals surface area contributed by atoms with E-state index >= 15 is 0 Å². The van der Waals surface area contributed by atoms with E-state index in [1.807, 2.05) is 26.0 Å². The predicted octanol–water partition coefficient (Wildman–Crippen LogP) is 2.34. The number of aryl methyl sites for hydroxylation is 1. The Kier molecular flexibility index (Phi) is 3.49. The maximum atomic E-state index is 12.0. The Bertz CT molecular complexity index is 509. The first kappa shape index (κ1) is 11.7. The van der Waals surface area contributed by atoms with Crippen LogP contribution in [0.2, 0.25) is 0 Å². The van der Waals surface area contributed by atoms with Crippen LogP contribution in [0, 0.1) is 6.92 Å². The SMILES string of the molecule is Cc1ncsc1C(=O)NC(C)c1ccncc1. The Balaban J connectivity index is 2.08. The number of carbonyl (C=O) groups is 1. The summed E-state index contributed by atoms with van der Waals surface area (Å²) in [5, 5.41) is 2.94. The van der Waals surface area contributed by atoms with E-state index in [0.717, 1.165) is 11.3 Å². The van der Waals surface area contributed by atoms with Crippen LogP contribution in [0.15, 0.2) is 30.0 Å². The highest BCUT2D eigenvalue weighted by Gasteiger charge is 2.14. The van der Waals surface area contributed by atoms with Crippen molar-refractivity contribution in [2.75, 3.05) is 0 Å². The molecule has 0 fully saturated rings. The summed E-state index contributed by atoms with van der Waals surface area (Å²) in [5.41, 5.74) is 3.49. The normalized spacial score (nSPS) is 12.1. The van der Waals surface area contributed by atoms with Crippen molar-refractivity contribution < 1.29 is 4.79 Å². The van der Waals surface area contributed by atoms with E-state index in [2.05, 4.69) is 15.3 Å². The predicted molar refractivity (Wildman–Crippen MR) is 67.0 cm³/mol. The summed E-state index contributed by atoms with van der Waals surface area (Å²) < 4.78 is 0. The summed E-state index contributed by atoms with van der Waals surface area (Å²) in [6.07, 6.45) is 3.44. The molecule has 88 valence electrons. The molecule has 1 atom stereocenters. The van der Waals surface area contributed by atoms with Gasteiger partial charge < -0.3 is 5.32 Å². The second-order valence-corrected chi connectivity index (χ2v) is 4.60. The number of hydrogen-bond donors (Lipinski definition) is 1. The van der Waals surface area contributed by atoms with Crippen molar-refractivity contribution in [3.63, 3.8) is 0 Å². The smallest absolute Gasteiger partial charge is 0.263 e. The van der Waals surface area contributed by atoms with E-state index in [0.29, 0.717) is 4.88 Å². The van der Waals surface area contributed by atoms with Gasteiger partial charge in [0, 0.05) is 12.4 Å². The fraction of sp³-hybridized carbons (Fsp3) is 0.250. The van der Waals surface area contributed by atoms with Gasteiger partial charge in [0.05, 0.1) is 17.2 Å². The van der Waals surface area contributed by atoms with Crippen LogP contribution in [0.25, 0.3) is 0 Å². The van der Waals surface area contributed by atoms with Crippen molar-refractivity contribution in [1.82, 2.24) is 15.3 Å². The number of carbonyl (C=O) groups excluding carboxylic acids is 1. The molecule has 0 saturated heterocycles. The van der Waals surface area contributed by atoms with Crippen LogP contribution >= 0.6 is 11.3 Å². The van der Waals surface area contributed by atoms with Gasteiger partial charge in [0.15, 0.2) is 0 Å². The standard InChI is InChI=1S/C12H13N3OS/c1-8(10-3-5-13-6-4-10)15-12(16)11-9(2)14-7-17-11/h3-8H,1-2H3,(H,15,16). The summed E-state index contributed by atoms with van der Waals surface area (Å²) in [6.45, 7) is 3.78. The highest BCUT2D eigenvalue weighted by Crippen LogP contribution is 2.15. The van der Waals surface area contributed by atoms with Crippen LogP contribution in [0.4, 0.5) is 0 Å². The molecule has 1 unspecified atom stereocenters. The lowest BCUT2D eigenvalue weighted by atomic mass is 10.1. The third-order valence-electron chi connectivity index (χ3n) is 2.51. The van der Waals surface area contributed by atoms with Crippen LogP contribution in [0.3, 0.4) is 0 Å². The minimum atomic E-state index is -0.0747. The first-order valence-electron chi connectivity index (χ1n) is 5.29. The molecule has 0 spiro atoms. The third kappa shape index (κ3) is 2.68. The fourth-order valence-corrected chi connectivity index (χ4v) is 2.22. The number of hydrogen-bond acceptors (Lipinski definition) is 4. The lowest BCUT2D eigenvalue weighted by Gasteiger charge is -2.13. The van der Waals surface area contributed by atoms with Crippen molar-refractivity contribution >= 4 is 17.2 Å². The Morgan fingerprint density at radius 2 is 2.12 bits per heavy atom. The van der Waals surface area contributed by atoms with Gasteiger partial charge in [-0.2, -0.15) is 0 Å². The number of nitrogens with one attached hydrogen (secondary N) is 1. The molecule has 1 amide bonds. The van der Waals surface area contributed by atoms with Crippen LogP contribution in [0.1, 0.15) is 33.9 Å². The monoisotopic (exact) mass is 247 g/mol. The summed E-state index contributed by atoms with van der Waals surface area (Å²) in [5.74, 6) is -0.0747. The molecule has 2 aromatic rings. The molecular formula is C12H13N3OS. The Morgan fingerprint density at radius 1 is 1.41 bits per heavy atom. The second kappa shape index (κ2) is 5.05. The summed E-state index contributed by atoms with van der Waals surface area (Å²) in [7, 11) is 0. The Labute approximate surface area is 104 Å². The van der Waals surface area contributed by atoms with Crippen molar-refractivity contribution in [1.29, 1.82) is 0 Å².